The molecule has 1 atom stereocenters. The lowest BCUT2D eigenvalue weighted by molar-refractivity contribution is 0.0948. The maximum absolute atomic E-state index is 11.7. The third-order valence-electron chi connectivity index (χ3n) is 2.45. The van der Waals surface area contributed by atoms with Crippen molar-refractivity contribution in [2.24, 2.45) is 5.73 Å². The van der Waals surface area contributed by atoms with Crippen LogP contribution in [0, 0.1) is 6.92 Å². The molecule has 4 nitrogen and oxygen atoms in total. The molecular formula is C12H18N2O2. The van der Waals surface area contributed by atoms with Crippen LogP contribution >= 0.6 is 0 Å². The van der Waals surface area contributed by atoms with E-state index in [0.29, 0.717) is 12.1 Å². The Balaban J connectivity index is 2.69. The molecule has 0 aliphatic rings. The quantitative estimate of drug-likeness (QED) is 0.715. The fraction of sp³-hybridized carbons (Fsp3) is 0.417. The van der Waals surface area contributed by atoms with E-state index in [4.69, 9.17) is 5.73 Å². The average Bonchev–Trinajstić information content (AvgIpc) is 2.28. The topological polar surface area (TPSA) is 75.3 Å². The minimum Gasteiger partial charge on any atom is -0.507 e. The maximum atomic E-state index is 11.7. The first-order valence-corrected chi connectivity index (χ1v) is 5.38. The van der Waals surface area contributed by atoms with Gasteiger partial charge in [-0.2, -0.15) is 0 Å². The summed E-state index contributed by atoms with van der Waals surface area (Å²) in [4.78, 5) is 11.7. The molecule has 0 aliphatic heterocycles. The normalized spacial score (nSPS) is 12.2. The molecule has 4 heteroatoms. The highest BCUT2D eigenvalue weighted by Gasteiger charge is 2.11. The molecule has 0 saturated carbocycles. The summed E-state index contributed by atoms with van der Waals surface area (Å²) in [6.07, 6.45) is 0.806. The number of hydrogen-bond donors (Lipinski definition) is 3. The fourth-order valence-electron chi connectivity index (χ4n) is 1.30. The molecule has 0 fully saturated rings. The number of nitrogens with two attached hydrogens (primary N) is 1. The molecule has 0 aliphatic carbocycles. The largest absolute Gasteiger partial charge is 0.507 e. The Morgan fingerprint density at radius 2 is 2.25 bits per heavy atom. The van der Waals surface area contributed by atoms with Crippen molar-refractivity contribution in [3.63, 3.8) is 0 Å². The first kappa shape index (κ1) is 12.5. The Bertz CT molecular complexity index is 377. The minimum absolute atomic E-state index is 0.00632. The molecule has 0 saturated heterocycles. The van der Waals surface area contributed by atoms with Gasteiger partial charge < -0.3 is 16.2 Å². The Morgan fingerprint density at radius 1 is 1.56 bits per heavy atom. The molecule has 16 heavy (non-hydrogen) atoms. The van der Waals surface area contributed by atoms with Crippen LogP contribution in [0.2, 0.25) is 0 Å². The molecule has 4 N–H and O–H groups in total. The van der Waals surface area contributed by atoms with Crippen molar-refractivity contribution < 1.29 is 9.90 Å². The van der Waals surface area contributed by atoms with Gasteiger partial charge in [-0.3, -0.25) is 4.79 Å². The SMILES string of the molecule is CCC(N)CNC(=O)c1cc(C)ccc1O. The van der Waals surface area contributed by atoms with Crippen molar-refractivity contribution in [3.8, 4) is 5.75 Å². The third kappa shape index (κ3) is 3.24. The summed E-state index contributed by atoms with van der Waals surface area (Å²) in [6, 6.07) is 4.88. The number of amides is 1. The zero-order valence-electron chi connectivity index (χ0n) is 9.66. The molecule has 88 valence electrons. The van der Waals surface area contributed by atoms with Crippen molar-refractivity contribution in [1.82, 2.24) is 5.32 Å². The third-order valence-corrected chi connectivity index (χ3v) is 2.45. The number of benzene rings is 1. The van der Waals surface area contributed by atoms with Crippen molar-refractivity contribution in [3.05, 3.63) is 29.3 Å². The first-order valence-electron chi connectivity index (χ1n) is 5.38. The van der Waals surface area contributed by atoms with Crippen molar-refractivity contribution in [2.45, 2.75) is 26.3 Å². The second-order valence-corrected chi connectivity index (χ2v) is 3.90. The molecular weight excluding hydrogens is 204 g/mol. The number of carbonyl (C=O) groups excluding carboxylic acids is 1. The van der Waals surface area contributed by atoms with Crippen LogP contribution in [0.15, 0.2) is 18.2 Å². The van der Waals surface area contributed by atoms with Crippen LogP contribution in [-0.2, 0) is 0 Å². The number of aromatic hydroxyl groups is 1. The van der Waals surface area contributed by atoms with Gasteiger partial charge in [0.05, 0.1) is 5.56 Å². The molecule has 1 unspecified atom stereocenters. The lowest BCUT2D eigenvalue weighted by Gasteiger charge is -2.11. The van der Waals surface area contributed by atoms with Gasteiger partial charge in [-0.25, -0.2) is 0 Å². The lowest BCUT2D eigenvalue weighted by Crippen LogP contribution is -2.36. The van der Waals surface area contributed by atoms with Crippen molar-refractivity contribution >= 4 is 5.91 Å². The van der Waals surface area contributed by atoms with Crippen LogP contribution in [0.1, 0.15) is 29.3 Å². The smallest absolute Gasteiger partial charge is 0.255 e. The van der Waals surface area contributed by atoms with Crippen LogP contribution in [0.25, 0.3) is 0 Å². The van der Waals surface area contributed by atoms with Gasteiger partial charge in [0.1, 0.15) is 5.75 Å². The summed E-state index contributed by atoms with van der Waals surface area (Å²) < 4.78 is 0. The van der Waals surface area contributed by atoms with Crippen molar-refractivity contribution in [2.75, 3.05) is 6.54 Å². The van der Waals surface area contributed by atoms with Crippen LogP contribution in [-0.4, -0.2) is 23.6 Å². The van der Waals surface area contributed by atoms with Gasteiger partial charge in [0.25, 0.3) is 5.91 Å². The van der Waals surface area contributed by atoms with E-state index in [1.54, 1.807) is 12.1 Å². The number of phenolic OH excluding ortho intramolecular Hbond substituents is 1. The summed E-state index contributed by atoms with van der Waals surface area (Å²) in [5.74, 6) is -0.293. The van der Waals surface area contributed by atoms with Crippen LogP contribution in [0.5, 0.6) is 5.75 Å². The van der Waals surface area contributed by atoms with Gasteiger partial charge in [0, 0.05) is 12.6 Å². The summed E-state index contributed by atoms with van der Waals surface area (Å²) in [6.45, 7) is 4.25. The predicted octanol–water partition coefficient (Wildman–Crippen LogP) is 1.17. The molecule has 1 rings (SSSR count). The Labute approximate surface area is 95.5 Å². The fourth-order valence-corrected chi connectivity index (χ4v) is 1.30. The Morgan fingerprint density at radius 3 is 2.88 bits per heavy atom. The molecule has 1 aromatic rings. The highest BCUT2D eigenvalue weighted by molar-refractivity contribution is 5.96. The van der Waals surface area contributed by atoms with Crippen LogP contribution in [0.4, 0.5) is 0 Å². The van der Waals surface area contributed by atoms with Gasteiger partial charge in [-0.05, 0) is 25.5 Å². The number of nitrogens with one attached hydrogen (secondary N) is 1. The van der Waals surface area contributed by atoms with Crippen LogP contribution in [0.3, 0.4) is 0 Å². The second-order valence-electron chi connectivity index (χ2n) is 3.90. The monoisotopic (exact) mass is 222 g/mol. The number of phenols is 1. The van der Waals surface area contributed by atoms with Gasteiger partial charge in [-0.15, -0.1) is 0 Å². The number of carbonyl (C=O) groups is 1. The zero-order valence-corrected chi connectivity index (χ0v) is 9.66. The molecule has 1 amide bonds. The van der Waals surface area contributed by atoms with E-state index >= 15 is 0 Å². The highest BCUT2D eigenvalue weighted by atomic mass is 16.3. The Hall–Kier alpha value is -1.55. The van der Waals surface area contributed by atoms with E-state index < -0.39 is 0 Å². The number of hydrogen-bond acceptors (Lipinski definition) is 3. The molecule has 0 heterocycles. The van der Waals surface area contributed by atoms with Gasteiger partial charge >= 0.3 is 0 Å². The molecule has 0 spiro atoms. The predicted molar refractivity (Wildman–Crippen MR) is 63.4 cm³/mol. The summed E-state index contributed by atoms with van der Waals surface area (Å²) in [5.41, 5.74) is 6.92. The highest BCUT2D eigenvalue weighted by Crippen LogP contribution is 2.17. The van der Waals surface area contributed by atoms with E-state index in [9.17, 15) is 9.90 Å². The average molecular weight is 222 g/mol. The molecule has 0 radical (unpaired) electrons. The van der Waals surface area contributed by atoms with Gasteiger partial charge in [-0.1, -0.05) is 18.6 Å². The lowest BCUT2D eigenvalue weighted by atomic mass is 10.1. The summed E-state index contributed by atoms with van der Waals surface area (Å²) >= 11 is 0. The molecule has 0 bridgehead atoms. The number of rotatable bonds is 4. The second kappa shape index (κ2) is 5.51. The van der Waals surface area contributed by atoms with Gasteiger partial charge in [0.15, 0.2) is 0 Å². The van der Waals surface area contributed by atoms with E-state index in [1.165, 1.54) is 6.07 Å². The minimum atomic E-state index is -0.287. The van der Waals surface area contributed by atoms with E-state index in [2.05, 4.69) is 5.32 Å². The molecule has 0 aromatic heterocycles. The van der Waals surface area contributed by atoms with E-state index in [-0.39, 0.29) is 17.7 Å². The van der Waals surface area contributed by atoms with Crippen molar-refractivity contribution in [1.29, 1.82) is 0 Å². The standard InChI is InChI=1S/C12H18N2O2/c1-3-9(13)7-14-12(16)10-6-8(2)4-5-11(10)15/h4-6,9,15H,3,7,13H2,1-2H3,(H,14,16). The Kier molecular flexibility index (Phi) is 4.31. The molecule has 1 aromatic carbocycles. The number of aryl methyl sites for hydroxylation is 1. The first-order chi connectivity index (χ1) is 7.54. The summed E-state index contributed by atoms with van der Waals surface area (Å²) in [7, 11) is 0. The summed E-state index contributed by atoms with van der Waals surface area (Å²) in [5, 5.41) is 12.2. The maximum Gasteiger partial charge on any atom is 0.255 e. The van der Waals surface area contributed by atoms with Gasteiger partial charge in [0.2, 0.25) is 0 Å². The van der Waals surface area contributed by atoms with E-state index in [1.807, 2.05) is 13.8 Å². The van der Waals surface area contributed by atoms with Crippen LogP contribution < -0.4 is 11.1 Å². The van der Waals surface area contributed by atoms with E-state index in [0.717, 1.165) is 12.0 Å². The zero-order chi connectivity index (χ0) is 12.1.